The predicted octanol–water partition coefficient (Wildman–Crippen LogP) is 3.69. The lowest BCUT2D eigenvalue weighted by Gasteiger charge is -2.32. The molecular weight excluding hydrogens is 374 g/mol. The van der Waals surface area contributed by atoms with Gasteiger partial charge in [-0.3, -0.25) is 4.79 Å². The molecule has 0 N–H and O–H groups in total. The molecule has 140 valence electrons. The fraction of sp³-hybridized carbons (Fsp3) is 0.190. The van der Waals surface area contributed by atoms with Gasteiger partial charge in [-0.2, -0.15) is 10.5 Å². The number of benzene rings is 2. The zero-order chi connectivity index (χ0) is 20.1. The summed E-state index contributed by atoms with van der Waals surface area (Å²) in [6.45, 7) is 2.47. The highest BCUT2D eigenvalue weighted by Gasteiger charge is 2.28. The Bertz CT molecular complexity index is 1050. The van der Waals surface area contributed by atoms with Crippen molar-refractivity contribution in [1.82, 2.24) is 0 Å². The van der Waals surface area contributed by atoms with Crippen LogP contribution < -0.4 is 4.90 Å². The van der Waals surface area contributed by atoms with Crippen LogP contribution in [-0.2, 0) is 20.3 Å². The Morgan fingerprint density at radius 1 is 1.14 bits per heavy atom. The van der Waals surface area contributed by atoms with E-state index in [1.54, 1.807) is 31.2 Å². The molecule has 0 radical (unpaired) electrons. The van der Waals surface area contributed by atoms with Gasteiger partial charge in [-0.1, -0.05) is 18.2 Å². The van der Waals surface area contributed by atoms with Crippen molar-refractivity contribution in [3.63, 3.8) is 0 Å². The molecule has 2 aromatic carbocycles. The van der Waals surface area contributed by atoms with E-state index in [0.29, 0.717) is 28.5 Å². The monoisotopic (exact) mass is 391 g/mol. The second-order valence-electron chi connectivity index (χ2n) is 5.95. The second-order valence-corrected chi connectivity index (χ2v) is 7.37. The Kier molecular flexibility index (Phi) is 5.88. The smallest absolute Gasteiger partial charge is 0.307 e. The fourth-order valence-corrected chi connectivity index (χ4v) is 4.43. The van der Waals surface area contributed by atoms with Gasteiger partial charge in [0.2, 0.25) is 0 Å². The predicted molar refractivity (Wildman–Crippen MR) is 105 cm³/mol. The van der Waals surface area contributed by atoms with E-state index in [9.17, 15) is 9.00 Å². The van der Waals surface area contributed by atoms with E-state index in [1.165, 1.54) is 6.08 Å². The van der Waals surface area contributed by atoms with Gasteiger partial charge in [0, 0.05) is 6.54 Å². The van der Waals surface area contributed by atoms with Gasteiger partial charge in [0.25, 0.3) is 0 Å². The van der Waals surface area contributed by atoms with Crippen LogP contribution in [0.4, 0.5) is 11.4 Å². The van der Waals surface area contributed by atoms with Gasteiger partial charge >= 0.3 is 5.97 Å². The maximum atomic E-state index is 13.1. The highest BCUT2D eigenvalue weighted by Crippen LogP contribution is 2.42. The van der Waals surface area contributed by atoms with E-state index in [4.69, 9.17) is 15.3 Å². The number of nitriles is 2. The molecule has 0 saturated carbocycles. The van der Waals surface area contributed by atoms with Gasteiger partial charge < -0.3 is 9.64 Å². The molecule has 1 atom stereocenters. The molecule has 6 nitrogen and oxygen atoms in total. The average Bonchev–Trinajstić information content (AvgIpc) is 2.72. The zero-order valence-electron chi connectivity index (χ0n) is 15.2. The number of allylic oxidation sites excluding steroid dienone is 1. The number of carbonyl (C=O) groups is 1. The van der Waals surface area contributed by atoms with Crippen molar-refractivity contribution in [3.8, 4) is 12.1 Å². The molecule has 7 heteroatoms. The van der Waals surface area contributed by atoms with Crippen LogP contribution in [-0.4, -0.2) is 23.3 Å². The van der Waals surface area contributed by atoms with Crippen molar-refractivity contribution in [2.75, 3.05) is 18.1 Å². The highest BCUT2D eigenvalue weighted by atomic mass is 32.2. The maximum absolute atomic E-state index is 13.1. The van der Waals surface area contributed by atoms with Crippen LogP contribution in [0.25, 0.3) is 6.08 Å². The fourth-order valence-electron chi connectivity index (χ4n) is 3.01. The van der Waals surface area contributed by atoms with Gasteiger partial charge in [-0.15, -0.1) is 0 Å². The Hall–Kier alpha value is -3.42. The van der Waals surface area contributed by atoms with Crippen LogP contribution in [0.5, 0.6) is 0 Å². The van der Waals surface area contributed by atoms with E-state index in [-0.39, 0.29) is 18.0 Å². The number of hydrogen-bond donors (Lipinski definition) is 0. The molecule has 0 amide bonds. The zero-order valence-corrected chi connectivity index (χ0v) is 16.0. The number of anilines is 2. The van der Waals surface area contributed by atoms with Gasteiger partial charge in [-0.25, -0.2) is 4.21 Å². The van der Waals surface area contributed by atoms with Gasteiger partial charge in [0.05, 0.1) is 45.0 Å². The van der Waals surface area contributed by atoms with Crippen molar-refractivity contribution in [2.45, 2.75) is 23.1 Å². The number of carbonyl (C=O) groups excluding carboxylic acids is 1. The van der Waals surface area contributed by atoms with Crippen LogP contribution in [0.15, 0.2) is 57.8 Å². The molecule has 1 heterocycles. The molecule has 0 saturated heterocycles. The number of rotatable bonds is 5. The van der Waals surface area contributed by atoms with Gasteiger partial charge in [0.1, 0.15) is 17.7 Å². The summed E-state index contributed by atoms with van der Waals surface area (Å²) < 4.78 is 18.1. The van der Waals surface area contributed by atoms with E-state index in [2.05, 4.69) is 0 Å². The highest BCUT2D eigenvalue weighted by molar-refractivity contribution is 7.85. The summed E-state index contributed by atoms with van der Waals surface area (Å²) >= 11 is 0. The van der Waals surface area contributed by atoms with Crippen LogP contribution in [0, 0.1) is 22.7 Å². The van der Waals surface area contributed by atoms with E-state index >= 15 is 0 Å². The first-order valence-corrected chi connectivity index (χ1v) is 9.84. The van der Waals surface area contributed by atoms with Gasteiger partial charge in [-0.05, 0) is 42.8 Å². The number of nitrogens with zero attached hydrogens (tertiary/aromatic N) is 3. The van der Waals surface area contributed by atoms with Crippen molar-refractivity contribution in [3.05, 3.63) is 53.6 Å². The summed E-state index contributed by atoms with van der Waals surface area (Å²) in [6.07, 6.45) is 1.66. The minimum Gasteiger partial charge on any atom is -0.466 e. The van der Waals surface area contributed by atoms with Crippen LogP contribution >= 0.6 is 0 Å². The standard InChI is InChI=1S/C21H17N3O3S/c1-2-27-21(25)9-10-24-17-5-3-4-6-19(17)28(26)20-12-15(7-8-18(20)24)11-16(13-22)14-23/h3-8,11-12H,2,9-10H2,1H3. The van der Waals surface area contributed by atoms with E-state index in [0.717, 1.165) is 11.4 Å². The largest absolute Gasteiger partial charge is 0.466 e. The lowest BCUT2D eigenvalue weighted by atomic mass is 10.1. The quantitative estimate of drug-likeness (QED) is 0.570. The van der Waals surface area contributed by atoms with Crippen LogP contribution in [0.1, 0.15) is 18.9 Å². The molecule has 1 aliphatic rings. The minimum atomic E-state index is -1.41. The molecule has 0 bridgehead atoms. The first-order chi connectivity index (χ1) is 13.6. The van der Waals surface area contributed by atoms with Crippen molar-refractivity contribution in [2.24, 2.45) is 0 Å². The molecular formula is C21H17N3O3S. The van der Waals surface area contributed by atoms with E-state index < -0.39 is 10.8 Å². The molecule has 0 aromatic heterocycles. The number of hydrogen-bond acceptors (Lipinski definition) is 6. The lowest BCUT2D eigenvalue weighted by Crippen LogP contribution is -2.27. The third-order valence-corrected chi connectivity index (χ3v) is 5.70. The third kappa shape index (κ3) is 3.80. The maximum Gasteiger partial charge on any atom is 0.307 e. The summed E-state index contributed by atoms with van der Waals surface area (Å²) in [6, 6.07) is 16.3. The lowest BCUT2D eigenvalue weighted by molar-refractivity contribution is -0.142. The topological polar surface area (TPSA) is 94.2 Å². The SMILES string of the molecule is CCOC(=O)CCN1c2ccccc2S(=O)c2cc(C=C(C#N)C#N)ccc21. The van der Waals surface area contributed by atoms with E-state index in [1.807, 2.05) is 35.2 Å². The Morgan fingerprint density at radius 2 is 1.86 bits per heavy atom. The molecule has 0 aliphatic carbocycles. The minimum absolute atomic E-state index is 0.0268. The van der Waals surface area contributed by atoms with Crippen LogP contribution in [0.2, 0.25) is 0 Å². The Labute approximate surface area is 165 Å². The Morgan fingerprint density at radius 3 is 2.57 bits per heavy atom. The summed E-state index contributed by atoms with van der Waals surface area (Å²) in [5.41, 5.74) is 2.11. The summed E-state index contributed by atoms with van der Waals surface area (Å²) in [7, 11) is -1.41. The number of ether oxygens (including phenoxy) is 1. The molecule has 1 aliphatic heterocycles. The summed E-state index contributed by atoms with van der Waals surface area (Å²) in [5.74, 6) is -0.291. The van der Waals surface area contributed by atoms with Crippen molar-refractivity contribution >= 4 is 34.2 Å². The molecule has 3 rings (SSSR count). The first-order valence-electron chi connectivity index (χ1n) is 8.69. The van der Waals surface area contributed by atoms with Crippen LogP contribution in [0.3, 0.4) is 0 Å². The number of fused-ring (bicyclic) bond motifs is 2. The molecule has 28 heavy (non-hydrogen) atoms. The van der Waals surface area contributed by atoms with Crippen molar-refractivity contribution in [1.29, 1.82) is 10.5 Å². The molecule has 1 unspecified atom stereocenters. The second kappa shape index (κ2) is 8.51. The number of para-hydroxylation sites is 1. The average molecular weight is 391 g/mol. The number of esters is 1. The normalized spacial score (nSPS) is 14.1. The summed E-state index contributed by atoms with van der Waals surface area (Å²) in [5, 5.41) is 17.9. The summed E-state index contributed by atoms with van der Waals surface area (Å²) in [4.78, 5) is 15.0. The molecule has 0 fully saturated rings. The Balaban J connectivity index is 2.04. The van der Waals surface area contributed by atoms with Crippen molar-refractivity contribution < 1.29 is 13.7 Å². The molecule has 0 spiro atoms. The molecule has 2 aromatic rings. The third-order valence-electron chi connectivity index (χ3n) is 4.23. The van der Waals surface area contributed by atoms with Gasteiger partial charge in [0.15, 0.2) is 0 Å². The first kappa shape index (κ1) is 19.3.